The number of rotatable bonds is 9. The highest BCUT2D eigenvalue weighted by atomic mass is 32.1. The highest BCUT2D eigenvalue weighted by molar-refractivity contribution is 7.13. The van der Waals surface area contributed by atoms with Crippen LogP contribution < -0.4 is 14.8 Å². The van der Waals surface area contributed by atoms with E-state index in [1.807, 2.05) is 12.1 Å². The number of hydrogen-bond donors (Lipinski definition) is 2. The summed E-state index contributed by atoms with van der Waals surface area (Å²) in [6.07, 6.45) is 2.31. The molecular weight excluding hydrogens is 344 g/mol. The van der Waals surface area contributed by atoms with Crippen LogP contribution in [0.5, 0.6) is 11.5 Å². The lowest BCUT2D eigenvalue weighted by Crippen LogP contribution is -2.20. The van der Waals surface area contributed by atoms with Gasteiger partial charge in [0, 0.05) is 5.38 Å². The molecule has 0 bridgehead atoms. The first kappa shape index (κ1) is 18.5. The van der Waals surface area contributed by atoms with Crippen LogP contribution in [0.1, 0.15) is 11.3 Å². The molecule has 0 saturated heterocycles. The maximum Gasteiger partial charge on any atom is 0.309 e. The van der Waals surface area contributed by atoms with Gasteiger partial charge in [0.25, 0.3) is 5.91 Å². The molecule has 1 heterocycles. The number of carboxylic acids is 1. The number of hydrogen-bond acceptors (Lipinski definition) is 6. The molecule has 0 atom stereocenters. The molecule has 2 rings (SSSR count). The summed E-state index contributed by atoms with van der Waals surface area (Å²) in [6, 6.07) is 5.43. The van der Waals surface area contributed by atoms with Gasteiger partial charge in [-0.1, -0.05) is 12.1 Å². The van der Waals surface area contributed by atoms with Crippen molar-refractivity contribution in [3.63, 3.8) is 0 Å². The van der Waals surface area contributed by atoms with Crippen molar-refractivity contribution >= 4 is 28.3 Å². The van der Waals surface area contributed by atoms with E-state index in [0.717, 1.165) is 16.9 Å². The number of ether oxygens (including phenoxy) is 2. The lowest BCUT2D eigenvalue weighted by molar-refractivity contribution is -0.136. The summed E-state index contributed by atoms with van der Waals surface area (Å²) in [5, 5.41) is 13.2. The molecule has 0 radical (unpaired) electrons. The Bertz CT molecular complexity index is 772. The molecule has 0 unspecified atom stereocenters. The number of carbonyl (C=O) groups is 2. The first-order valence-corrected chi connectivity index (χ1v) is 8.26. The van der Waals surface area contributed by atoms with Crippen molar-refractivity contribution in [2.24, 2.45) is 0 Å². The van der Waals surface area contributed by atoms with Gasteiger partial charge in [-0.15, -0.1) is 17.9 Å². The Kier molecular flexibility index (Phi) is 6.53. The second-order valence-corrected chi connectivity index (χ2v) is 5.89. The number of thiazole rings is 1. The van der Waals surface area contributed by atoms with Crippen LogP contribution >= 0.6 is 11.3 Å². The van der Waals surface area contributed by atoms with Gasteiger partial charge in [0.15, 0.2) is 23.2 Å². The lowest BCUT2D eigenvalue weighted by Gasteiger charge is -2.11. The SMILES string of the molecule is C=CCc1ccc(OCC(=O)Nc2nc(CC(=O)O)cs2)c(OC)c1. The number of carbonyl (C=O) groups excluding carboxylic acids is 1. The van der Waals surface area contributed by atoms with Crippen molar-refractivity contribution in [3.05, 3.63) is 47.5 Å². The molecule has 7 nitrogen and oxygen atoms in total. The van der Waals surface area contributed by atoms with Gasteiger partial charge in [-0.3, -0.25) is 14.9 Å². The van der Waals surface area contributed by atoms with E-state index in [4.69, 9.17) is 14.6 Å². The van der Waals surface area contributed by atoms with E-state index in [-0.39, 0.29) is 13.0 Å². The van der Waals surface area contributed by atoms with Crippen molar-refractivity contribution in [2.45, 2.75) is 12.8 Å². The number of nitrogens with zero attached hydrogens (tertiary/aromatic N) is 1. The normalized spacial score (nSPS) is 10.1. The number of aliphatic carboxylic acids is 1. The number of allylic oxidation sites excluding steroid dienone is 1. The van der Waals surface area contributed by atoms with Crippen LogP contribution in [0.25, 0.3) is 0 Å². The summed E-state index contributed by atoms with van der Waals surface area (Å²) in [4.78, 5) is 26.6. The van der Waals surface area contributed by atoms with E-state index in [1.54, 1.807) is 17.5 Å². The topological polar surface area (TPSA) is 97.8 Å². The molecule has 1 amide bonds. The highest BCUT2D eigenvalue weighted by Gasteiger charge is 2.11. The molecule has 2 N–H and O–H groups in total. The molecule has 132 valence electrons. The molecule has 1 aromatic heterocycles. The quantitative estimate of drug-likeness (QED) is 0.665. The minimum atomic E-state index is -0.974. The summed E-state index contributed by atoms with van der Waals surface area (Å²) < 4.78 is 10.8. The number of nitrogens with one attached hydrogen (secondary N) is 1. The lowest BCUT2D eigenvalue weighted by atomic mass is 10.1. The van der Waals surface area contributed by atoms with Crippen LogP contribution in [0.15, 0.2) is 36.2 Å². The summed E-state index contributed by atoms with van der Waals surface area (Å²) in [5.41, 5.74) is 1.42. The van der Waals surface area contributed by atoms with Gasteiger partial charge in [-0.2, -0.15) is 0 Å². The van der Waals surface area contributed by atoms with Crippen LogP contribution in [0.2, 0.25) is 0 Å². The Balaban J connectivity index is 1.92. The number of anilines is 1. The zero-order valence-electron chi connectivity index (χ0n) is 13.7. The molecule has 0 aliphatic carbocycles. The molecular formula is C17H18N2O5S. The van der Waals surface area contributed by atoms with Gasteiger partial charge in [-0.05, 0) is 24.1 Å². The van der Waals surface area contributed by atoms with E-state index in [9.17, 15) is 9.59 Å². The number of aromatic nitrogens is 1. The molecule has 2 aromatic rings. The fraction of sp³-hybridized carbons (Fsp3) is 0.235. The van der Waals surface area contributed by atoms with Crippen LogP contribution in [0.4, 0.5) is 5.13 Å². The van der Waals surface area contributed by atoms with Crippen molar-refractivity contribution < 1.29 is 24.2 Å². The van der Waals surface area contributed by atoms with E-state index in [2.05, 4.69) is 16.9 Å². The Morgan fingerprint density at radius 2 is 2.20 bits per heavy atom. The molecule has 25 heavy (non-hydrogen) atoms. The van der Waals surface area contributed by atoms with E-state index < -0.39 is 11.9 Å². The number of methoxy groups -OCH3 is 1. The second kappa shape index (κ2) is 8.84. The van der Waals surface area contributed by atoms with E-state index in [1.165, 1.54) is 7.11 Å². The molecule has 1 aromatic carbocycles. The molecule has 8 heteroatoms. The Hall–Kier alpha value is -2.87. The average molecular weight is 362 g/mol. The molecule has 0 aliphatic heterocycles. The standard InChI is InChI=1S/C17H18N2O5S/c1-3-4-11-5-6-13(14(7-11)23-2)24-9-15(20)19-17-18-12(10-25-17)8-16(21)22/h3,5-7,10H,1,4,8-9H2,2H3,(H,21,22)(H,18,19,20). The molecule has 0 aliphatic rings. The molecule has 0 fully saturated rings. The second-order valence-electron chi connectivity index (χ2n) is 5.03. The Labute approximate surface area is 148 Å². The van der Waals surface area contributed by atoms with Gasteiger partial charge in [0.1, 0.15) is 0 Å². The van der Waals surface area contributed by atoms with Crippen LogP contribution in [-0.4, -0.2) is 35.7 Å². The zero-order valence-corrected chi connectivity index (χ0v) is 14.5. The van der Waals surface area contributed by atoms with Crippen molar-refractivity contribution in [1.29, 1.82) is 0 Å². The summed E-state index contributed by atoms with van der Waals surface area (Å²) in [6.45, 7) is 3.47. The predicted molar refractivity (Wildman–Crippen MR) is 94.5 cm³/mol. The van der Waals surface area contributed by atoms with Crippen LogP contribution in [-0.2, 0) is 22.4 Å². The van der Waals surface area contributed by atoms with Crippen LogP contribution in [0.3, 0.4) is 0 Å². The van der Waals surface area contributed by atoms with Gasteiger partial charge >= 0.3 is 5.97 Å². The van der Waals surface area contributed by atoms with E-state index in [0.29, 0.717) is 28.7 Å². The largest absolute Gasteiger partial charge is 0.493 e. The predicted octanol–water partition coefficient (Wildman–Crippen LogP) is 2.52. The van der Waals surface area contributed by atoms with Crippen molar-refractivity contribution in [3.8, 4) is 11.5 Å². The third kappa shape index (κ3) is 5.61. The van der Waals surface area contributed by atoms with Gasteiger partial charge in [-0.25, -0.2) is 4.98 Å². The third-order valence-corrected chi connectivity index (χ3v) is 3.90. The summed E-state index contributed by atoms with van der Waals surface area (Å²) >= 11 is 1.16. The third-order valence-electron chi connectivity index (χ3n) is 3.10. The monoisotopic (exact) mass is 362 g/mol. The fourth-order valence-corrected chi connectivity index (χ4v) is 2.75. The number of carboxylic acid groups (broad SMARTS) is 1. The minimum absolute atomic E-state index is 0.183. The fourth-order valence-electron chi connectivity index (χ4n) is 2.02. The van der Waals surface area contributed by atoms with Crippen molar-refractivity contribution in [2.75, 3.05) is 19.0 Å². The minimum Gasteiger partial charge on any atom is -0.493 e. The summed E-state index contributed by atoms with van der Waals surface area (Å²) in [5.74, 6) is -0.381. The Morgan fingerprint density at radius 1 is 1.40 bits per heavy atom. The Morgan fingerprint density at radius 3 is 2.88 bits per heavy atom. The van der Waals surface area contributed by atoms with Crippen LogP contribution in [0, 0.1) is 0 Å². The first-order chi connectivity index (χ1) is 12.0. The molecule has 0 spiro atoms. The first-order valence-electron chi connectivity index (χ1n) is 7.38. The maximum absolute atomic E-state index is 11.9. The average Bonchev–Trinajstić information content (AvgIpc) is 2.99. The maximum atomic E-state index is 11.9. The zero-order chi connectivity index (χ0) is 18.2. The summed E-state index contributed by atoms with van der Waals surface area (Å²) in [7, 11) is 1.53. The van der Waals surface area contributed by atoms with Gasteiger partial charge in [0.05, 0.1) is 19.2 Å². The van der Waals surface area contributed by atoms with Gasteiger partial charge in [0.2, 0.25) is 0 Å². The van der Waals surface area contributed by atoms with Gasteiger partial charge < -0.3 is 14.6 Å². The molecule has 0 saturated carbocycles. The van der Waals surface area contributed by atoms with E-state index >= 15 is 0 Å². The van der Waals surface area contributed by atoms with Crippen molar-refractivity contribution in [1.82, 2.24) is 4.98 Å². The highest BCUT2D eigenvalue weighted by Crippen LogP contribution is 2.28. The smallest absolute Gasteiger partial charge is 0.309 e. The number of benzene rings is 1. The number of amides is 1.